The molecule has 0 aromatic carbocycles. The van der Waals surface area contributed by atoms with Gasteiger partial charge in [-0.15, -0.1) is 0 Å². The summed E-state index contributed by atoms with van der Waals surface area (Å²) in [5.41, 5.74) is 2.61. The van der Waals surface area contributed by atoms with Crippen LogP contribution in [0.4, 0.5) is 13.2 Å². The quantitative estimate of drug-likeness (QED) is 0.826. The number of amides is 1. The van der Waals surface area contributed by atoms with Crippen LogP contribution in [0.15, 0.2) is 21.4 Å². The fraction of sp³-hybridized carbons (Fsp3) is 0.400. The van der Waals surface area contributed by atoms with Gasteiger partial charge in [-0.1, -0.05) is 0 Å². The monoisotopic (exact) mass is 420 g/mol. The minimum atomic E-state index is -4.58. The zero-order valence-electron chi connectivity index (χ0n) is 13.7. The maximum atomic E-state index is 12.8. The van der Waals surface area contributed by atoms with Crippen LogP contribution in [-0.4, -0.2) is 20.4 Å². The highest BCUT2D eigenvalue weighted by molar-refractivity contribution is 9.10. The SMILES string of the molecule is Cc1cc(C)n(NC(=O)CCn2nc(C(F)(F)F)c(Br)c2C)c(=O)c1. The molecule has 10 heteroatoms. The Hall–Kier alpha value is -2.10. The topological polar surface area (TPSA) is 68.9 Å². The molecule has 0 atom stereocenters. The Balaban J connectivity index is 2.10. The van der Waals surface area contributed by atoms with Crippen molar-refractivity contribution in [3.63, 3.8) is 0 Å². The Bertz CT molecular complexity index is 871. The molecule has 1 amide bonds. The van der Waals surface area contributed by atoms with Gasteiger partial charge in [-0.25, -0.2) is 4.68 Å². The largest absolute Gasteiger partial charge is 0.436 e. The second-order valence-corrected chi connectivity index (χ2v) is 6.39. The van der Waals surface area contributed by atoms with Crippen molar-refractivity contribution in [1.82, 2.24) is 14.5 Å². The summed E-state index contributed by atoms with van der Waals surface area (Å²) in [4.78, 5) is 23.9. The zero-order chi connectivity index (χ0) is 18.9. The molecule has 2 rings (SSSR count). The Labute approximate surface area is 149 Å². The lowest BCUT2D eigenvalue weighted by Gasteiger charge is -2.12. The molecule has 2 heterocycles. The van der Waals surface area contributed by atoms with Crippen molar-refractivity contribution in [2.45, 2.75) is 39.9 Å². The fourth-order valence-electron chi connectivity index (χ4n) is 2.32. The lowest BCUT2D eigenvalue weighted by molar-refractivity contribution is -0.142. The second-order valence-electron chi connectivity index (χ2n) is 5.60. The molecular weight excluding hydrogens is 405 g/mol. The van der Waals surface area contributed by atoms with Crippen LogP contribution in [0, 0.1) is 20.8 Å². The van der Waals surface area contributed by atoms with Crippen molar-refractivity contribution < 1.29 is 18.0 Å². The summed E-state index contributed by atoms with van der Waals surface area (Å²) in [5.74, 6) is -0.506. The van der Waals surface area contributed by atoms with Crippen molar-refractivity contribution in [3.05, 3.63) is 49.6 Å². The lowest BCUT2D eigenvalue weighted by Crippen LogP contribution is -2.34. The molecule has 25 heavy (non-hydrogen) atoms. The van der Waals surface area contributed by atoms with E-state index in [9.17, 15) is 22.8 Å². The number of aryl methyl sites for hydroxylation is 3. The van der Waals surface area contributed by atoms with Crippen LogP contribution in [0.25, 0.3) is 0 Å². The molecule has 136 valence electrons. The van der Waals surface area contributed by atoms with Crippen LogP contribution < -0.4 is 11.0 Å². The first-order valence-electron chi connectivity index (χ1n) is 7.31. The first-order chi connectivity index (χ1) is 11.5. The number of carbonyl (C=O) groups excluding carboxylic acids is 1. The maximum absolute atomic E-state index is 12.8. The van der Waals surface area contributed by atoms with Gasteiger partial charge in [0.05, 0.1) is 16.7 Å². The van der Waals surface area contributed by atoms with Crippen LogP contribution in [0.2, 0.25) is 0 Å². The summed E-state index contributed by atoms with van der Waals surface area (Å²) in [6.07, 6.45) is -4.71. The number of nitrogens with zero attached hydrogens (tertiary/aromatic N) is 3. The summed E-state index contributed by atoms with van der Waals surface area (Å²) in [7, 11) is 0. The number of hydrogen-bond acceptors (Lipinski definition) is 3. The summed E-state index contributed by atoms with van der Waals surface area (Å²) >= 11 is 2.87. The molecule has 0 aliphatic rings. The van der Waals surface area contributed by atoms with Gasteiger partial charge in [-0.2, -0.15) is 18.3 Å². The van der Waals surface area contributed by atoms with Crippen LogP contribution in [0.3, 0.4) is 0 Å². The molecular formula is C15H16BrF3N4O2. The summed E-state index contributed by atoms with van der Waals surface area (Å²) in [6.45, 7) is 4.85. The van der Waals surface area contributed by atoms with Crippen molar-refractivity contribution in [3.8, 4) is 0 Å². The summed E-state index contributed by atoms with van der Waals surface area (Å²) in [6, 6.07) is 3.10. The minimum Gasteiger partial charge on any atom is -0.273 e. The third-order valence-corrected chi connectivity index (χ3v) is 4.50. The summed E-state index contributed by atoms with van der Waals surface area (Å²) < 4.78 is 40.5. The standard InChI is InChI=1S/C15H16BrF3N4O2/c1-8-6-9(2)23(12(25)7-8)20-11(24)4-5-22-10(3)13(16)14(21-22)15(17,18)19/h6-7H,4-5H2,1-3H3,(H,20,24). The average Bonchev–Trinajstić information content (AvgIpc) is 2.76. The number of carbonyl (C=O) groups is 1. The minimum absolute atomic E-state index is 0.0496. The van der Waals surface area contributed by atoms with E-state index in [2.05, 4.69) is 26.5 Å². The van der Waals surface area contributed by atoms with E-state index in [1.54, 1.807) is 19.9 Å². The van der Waals surface area contributed by atoms with Crippen LogP contribution in [0.1, 0.15) is 29.1 Å². The first kappa shape index (κ1) is 19.2. The highest BCUT2D eigenvalue weighted by Crippen LogP contribution is 2.35. The Morgan fingerprint density at radius 1 is 1.28 bits per heavy atom. The van der Waals surface area contributed by atoms with Gasteiger partial charge in [0.1, 0.15) is 0 Å². The first-order valence-corrected chi connectivity index (χ1v) is 8.10. The predicted molar refractivity (Wildman–Crippen MR) is 88.8 cm³/mol. The van der Waals surface area contributed by atoms with Crippen LogP contribution in [-0.2, 0) is 17.5 Å². The average molecular weight is 421 g/mol. The van der Waals surface area contributed by atoms with E-state index in [1.165, 1.54) is 13.0 Å². The van der Waals surface area contributed by atoms with Gasteiger partial charge in [0, 0.05) is 18.2 Å². The normalized spacial score (nSPS) is 11.6. The number of aromatic nitrogens is 3. The van der Waals surface area contributed by atoms with E-state index >= 15 is 0 Å². The summed E-state index contributed by atoms with van der Waals surface area (Å²) in [5, 5.41) is 3.50. The van der Waals surface area contributed by atoms with Crippen LogP contribution in [0.5, 0.6) is 0 Å². The molecule has 0 aliphatic heterocycles. The number of rotatable bonds is 4. The molecule has 1 N–H and O–H groups in total. The van der Waals surface area contributed by atoms with Gasteiger partial charge in [-0.3, -0.25) is 19.7 Å². The van der Waals surface area contributed by atoms with E-state index in [4.69, 9.17) is 0 Å². The lowest BCUT2D eigenvalue weighted by atomic mass is 10.2. The molecule has 0 spiro atoms. The van der Waals surface area contributed by atoms with Crippen LogP contribution >= 0.6 is 15.9 Å². The van der Waals surface area contributed by atoms with Gasteiger partial charge in [0.25, 0.3) is 5.56 Å². The van der Waals surface area contributed by atoms with Gasteiger partial charge < -0.3 is 0 Å². The van der Waals surface area contributed by atoms with E-state index in [1.807, 2.05) is 0 Å². The molecule has 0 unspecified atom stereocenters. The molecule has 0 saturated carbocycles. The molecule has 0 radical (unpaired) electrons. The maximum Gasteiger partial charge on any atom is 0.436 e. The molecule has 0 saturated heterocycles. The fourth-order valence-corrected chi connectivity index (χ4v) is 2.83. The molecule has 6 nitrogen and oxygen atoms in total. The Morgan fingerprint density at radius 3 is 2.44 bits per heavy atom. The molecule has 2 aromatic rings. The van der Waals surface area contributed by atoms with Gasteiger partial charge in [-0.05, 0) is 48.3 Å². The Kier molecular flexibility index (Phi) is 5.40. The predicted octanol–water partition coefficient (Wildman–Crippen LogP) is 2.91. The van der Waals surface area contributed by atoms with Gasteiger partial charge in [0.15, 0.2) is 5.69 Å². The van der Waals surface area contributed by atoms with Gasteiger partial charge in [0.2, 0.25) is 5.91 Å². The van der Waals surface area contributed by atoms with E-state index in [0.29, 0.717) is 5.69 Å². The second kappa shape index (κ2) is 7.03. The number of halogens is 4. The van der Waals surface area contributed by atoms with Crippen molar-refractivity contribution in [2.75, 3.05) is 5.43 Å². The van der Waals surface area contributed by atoms with Crippen molar-refractivity contribution in [2.24, 2.45) is 0 Å². The molecule has 0 bridgehead atoms. The van der Waals surface area contributed by atoms with Gasteiger partial charge >= 0.3 is 6.18 Å². The third-order valence-electron chi connectivity index (χ3n) is 3.55. The number of nitrogens with one attached hydrogen (secondary N) is 1. The molecule has 2 aromatic heterocycles. The third kappa shape index (κ3) is 4.30. The number of alkyl halides is 3. The van der Waals surface area contributed by atoms with Crippen molar-refractivity contribution in [1.29, 1.82) is 0 Å². The van der Waals surface area contributed by atoms with E-state index in [0.717, 1.165) is 14.9 Å². The highest BCUT2D eigenvalue weighted by atomic mass is 79.9. The molecule has 0 aliphatic carbocycles. The number of hydrogen-bond donors (Lipinski definition) is 1. The van der Waals surface area contributed by atoms with E-state index < -0.39 is 17.8 Å². The highest BCUT2D eigenvalue weighted by Gasteiger charge is 2.37. The number of pyridine rings is 1. The smallest absolute Gasteiger partial charge is 0.273 e. The van der Waals surface area contributed by atoms with E-state index in [-0.39, 0.29) is 28.7 Å². The zero-order valence-corrected chi connectivity index (χ0v) is 15.3. The molecule has 0 fully saturated rings. The van der Waals surface area contributed by atoms with Crippen molar-refractivity contribution >= 4 is 21.8 Å². The Morgan fingerprint density at radius 2 is 1.92 bits per heavy atom.